The number of halogens is 3. The van der Waals surface area contributed by atoms with E-state index in [1.807, 2.05) is 36.4 Å². The van der Waals surface area contributed by atoms with Gasteiger partial charge >= 0.3 is 15.5 Å². The maximum absolute atomic E-state index is 13.4. The molecule has 1 aliphatic rings. The normalized spacial score (nSPS) is 16.7. The maximum Gasteiger partial charge on any atom is 0.511 e. The zero-order valence-electron chi connectivity index (χ0n) is 18.2. The van der Waals surface area contributed by atoms with Crippen molar-refractivity contribution in [3.8, 4) is 16.9 Å². The van der Waals surface area contributed by atoms with Crippen LogP contribution >= 0.6 is 0 Å². The summed E-state index contributed by atoms with van der Waals surface area (Å²) in [5.41, 5.74) is -2.75. The first-order valence-corrected chi connectivity index (χ1v) is 12.0. The van der Waals surface area contributed by atoms with Gasteiger partial charge in [-0.3, -0.25) is 9.78 Å². The molecular weight excluding hydrogens is 471 g/mol. The predicted octanol–water partition coefficient (Wildman–Crippen LogP) is 3.95. The molecule has 2 heterocycles. The minimum Gasteiger partial charge on any atom is -0.497 e. The summed E-state index contributed by atoms with van der Waals surface area (Å²) >= 11 is 0. The van der Waals surface area contributed by atoms with Crippen molar-refractivity contribution in [3.63, 3.8) is 0 Å². The van der Waals surface area contributed by atoms with E-state index < -0.39 is 28.1 Å². The number of nitrogens with one attached hydrogen (secondary N) is 1. The molecule has 3 aromatic rings. The minimum atomic E-state index is -5.48. The number of ether oxygens (including phenoxy) is 1. The summed E-state index contributed by atoms with van der Waals surface area (Å²) < 4.78 is 67.7. The van der Waals surface area contributed by atoms with Crippen LogP contribution in [0.5, 0.6) is 5.75 Å². The number of sulfonamides is 1. The maximum atomic E-state index is 13.4. The monoisotopic (exact) mass is 493 g/mol. The second-order valence-electron chi connectivity index (χ2n) is 7.91. The van der Waals surface area contributed by atoms with Gasteiger partial charge in [-0.05, 0) is 54.3 Å². The lowest BCUT2D eigenvalue weighted by Crippen LogP contribution is -2.46. The number of methoxy groups -OCH3 is 1. The molecule has 1 unspecified atom stereocenters. The summed E-state index contributed by atoms with van der Waals surface area (Å²) in [6.07, 6.45) is 2.45. The largest absolute Gasteiger partial charge is 0.511 e. The van der Waals surface area contributed by atoms with Crippen LogP contribution < -0.4 is 9.46 Å². The summed E-state index contributed by atoms with van der Waals surface area (Å²) in [4.78, 5) is 19.2. The highest BCUT2D eigenvalue weighted by Crippen LogP contribution is 2.30. The molecule has 1 atom stereocenters. The number of hydrogen-bond acceptors (Lipinski definition) is 5. The molecule has 1 amide bonds. The van der Waals surface area contributed by atoms with Gasteiger partial charge < -0.3 is 9.64 Å². The van der Waals surface area contributed by atoms with Gasteiger partial charge in [0, 0.05) is 30.7 Å². The Morgan fingerprint density at radius 3 is 2.68 bits per heavy atom. The minimum absolute atomic E-state index is 0.316. The Morgan fingerprint density at radius 2 is 1.94 bits per heavy atom. The number of fused-ring (bicyclic) bond motifs is 1. The standard InChI is InChI=1S/C23H22F3N3O4S/c1-33-18-6-2-4-15(12-18)16-7-8-21-20(13-16)19(9-10-27-21)22(30)29-11-3-5-17(29)14-28-34(31,32)23(24,25)26/h2,4,6-10,12-13,17,28H,3,5,11,14H2,1H3. The summed E-state index contributed by atoms with van der Waals surface area (Å²) in [7, 11) is -3.91. The van der Waals surface area contributed by atoms with Gasteiger partial charge in [0.1, 0.15) is 5.75 Å². The summed E-state index contributed by atoms with van der Waals surface area (Å²) in [6, 6.07) is 13.8. The van der Waals surface area contributed by atoms with E-state index in [4.69, 9.17) is 4.74 Å². The highest BCUT2D eigenvalue weighted by atomic mass is 32.2. The van der Waals surface area contributed by atoms with Crippen LogP contribution in [0.25, 0.3) is 22.0 Å². The predicted molar refractivity (Wildman–Crippen MR) is 121 cm³/mol. The first-order valence-electron chi connectivity index (χ1n) is 10.5. The second-order valence-corrected chi connectivity index (χ2v) is 9.67. The lowest BCUT2D eigenvalue weighted by Gasteiger charge is -2.25. The Balaban J connectivity index is 1.64. The quantitative estimate of drug-likeness (QED) is 0.562. The Morgan fingerprint density at radius 1 is 1.18 bits per heavy atom. The van der Waals surface area contributed by atoms with Gasteiger partial charge in [-0.1, -0.05) is 18.2 Å². The van der Waals surface area contributed by atoms with Crippen molar-refractivity contribution in [2.45, 2.75) is 24.4 Å². The molecule has 1 aromatic heterocycles. The van der Waals surface area contributed by atoms with E-state index in [-0.39, 0.29) is 5.91 Å². The zero-order chi connectivity index (χ0) is 24.5. The highest BCUT2D eigenvalue weighted by Gasteiger charge is 2.46. The SMILES string of the molecule is COc1cccc(-c2ccc3nccc(C(=O)N4CCCC4CNS(=O)(=O)C(F)(F)F)c3c2)c1. The van der Waals surface area contributed by atoms with Crippen molar-refractivity contribution >= 4 is 26.8 Å². The highest BCUT2D eigenvalue weighted by molar-refractivity contribution is 7.90. The fraction of sp³-hybridized carbons (Fsp3) is 0.304. The molecule has 1 fully saturated rings. The number of aromatic nitrogens is 1. The molecule has 34 heavy (non-hydrogen) atoms. The number of hydrogen-bond donors (Lipinski definition) is 1. The van der Waals surface area contributed by atoms with Crippen LogP contribution in [0.15, 0.2) is 54.7 Å². The van der Waals surface area contributed by atoms with E-state index in [1.165, 1.54) is 11.1 Å². The third-order valence-electron chi connectivity index (χ3n) is 5.83. The number of carbonyl (C=O) groups is 1. The topological polar surface area (TPSA) is 88.6 Å². The number of carbonyl (C=O) groups excluding carboxylic acids is 1. The molecule has 180 valence electrons. The lowest BCUT2D eigenvalue weighted by molar-refractivity contribution is -0.0448. The Hall–Kier alpha value is -3.18. The molecular formula is C23H22F3N3O4S. The van der Waals surface area contributed by atoms with E-state index >= 15 is 0 Å². The fourth-order valence-electron chi connectivity index (χ4n) is 4.07. The van der Waals surface area contributed by atoms with Gasteiger partial charge in [-0.25, -0.2) is 13.1 Å². The van der Waals surface area contributed by atoms with Crippen molar-refractivity contribution in [2.24, 2.45) is 0 Å². The van der Waals surface area contributed by atoms with E-state index in [2.05, 4.69) is 4.98 Å². The smallest absolute Gasteiger partial charge is 0.497 e. The van der Waals surface area contributed by atoms with Crippen molar-refractivity contribution in [1.29, 1.82) is 0 Å². The van der Waals surface area contributed by atoms with Crippen LogP contribution in [0, 0.1) is 0 Å². The van der Waals surface area contributed by atoms with Crippen LogP contribution in [-0.4, -0.2) is 56.0 Å². The van der Waals surface area contributed by atoms with E-state index in [9.17, 15) is 26.4 Å². The number of alkyl halides is 3. The summed E-state index contributed by atoms with van der Waals surface area (Å²) in [5, 5.41) is 0.592. The van der Waals surface area contributed by atoms with E-state index in [0.717, 1.165) is 11.1 Å². The molecule has 7 nitrogen and oxygen atoms in total. The number of likely N-dealkylation sites (tertiary alicyclic amines) is 1. The summed E-state index contributed by atoms with van der Waals surface area (Å²) in [6.45, 7) is -0.192. The van der Waals surface area contributed by atoms with Crippen LogP contribution in [0.2, 0.25) is 0 Å². The fourth-order valence-corrected chi connectivity index (χ4v) is 4.65. The number of nitrogens with zero attached hydrogens (tertiary/aromatic N) is 2. The number of benzene rings is 2. The van der Waals surface area contributed by atoms with Gasteiger partial charge in [0.25, 0.3) is 5.91 Å². The number of pyridine rings is 1. The van der Waals surface area contributed by atoms with E-state index in [1.54, 1.807) is 24.0 Å². The zero-order valence-corrected chi connectivity index (χ0v) is 19.0. The first kappa shape index (κ1) is 24.0. The van der Waals surface area contributed by atoms with Gasteiger partial charge in [0.05, 0.1) is 18.2 Å². The molecule has 0 saturated carbocycles. The Kier molecular flexibility index (Phi) is 6.50. The van der Waals surface area contributed by atoms with Gasteiger partial charge in [0.15, 0.2) is 0 Å². The van der Waals surface area contributed by atoms with Gasteiger partial charge in [-0.2, -0.15) is 13.2 Å². The third kappa shape index (κ3) is 4.71. The number of rotatable bonds is 6. The molecule has 0 spiro atoms. The molecule has 2 aromatic carbocycles. The van der Waals surface area contributed by atoms with Crippen LogP contribution in [0.4, 0.5) is 13.2 Å². The Bertz CT molecular complexity index is 1330. The van der Waals surface area contributed by atoms with Gasteiger partial charge in [0.2, 0.25) is 0 Å². The lowest BCUT2D eigenvalue weighted by atomic mass is 10.00. The molecule has 0 aliphatic carbocycles. The van der Waals surface area contributed by atoms with Crippen molar-refractivity contribution < 1.29 is 31.1 Å². The average molecular weight is 494 g/mol. The molecule has 0 radical (unpaired) electrons. The number of amides is 1. The molecule has 11 heteroatoms. The average Bonchev–Trinajstić information content (AvgIpc) is 3.29. The van der Waals surface area contributed by atoms with E-state index in [0.29, 0.717) is 41.6 Å². The Labute approximate surface area is 194 Å². The first-order chi connectivity index (χ1) is 16.1. The molecule has 1 saturated heterocycles. The second kappa shape index (κ2) is 9.22. The van der Waals surface area contributed by atoms with Gasteiger partial charge in [-0.15, -0.1) is 0 Å². The molecule has 4 rings (SSSR count). The summed E-state index contributed by atoms with van der Waals surface area (Å²) in [5.74, 6) is 0.296. The van der Waals surface area contributed by atoms with Crippen LogP contribution in [0.3, 0.4) is 0 Å². The van der Waals surface area contributed by atoms with Crippen molar-refractivity contribution in [2.75, 3.05) is 20.2 Å². The van der Waals surface area contributed by atoms with Crippen molar-refractivity contribution in [1.82, 2.24) is 14.6 Å². The molecule has 1 aliphatic heterocycles. The molecule has 1 N–H and O–H groups in total. The van der Waals surface area contributed by atoms with Crippen molar-refractivity contribution in [3.05, 3.63) is 60.3 Å². The van der Waals surface area contributed by atoms with Crippen LogP contribution in [-0.2, 0) is 10.0 Å². The third-order valence-corrected chi connectivity index (χ3v) is 6.98. The van der Waals surface area contributed by atoms with Crippen LogP contribution in [0.1, 0.15) is 23.2 Å². The molecule has 0 bridgehead atoms.